The first-order chi connectivity index (χ1) is 7.76. The second-order valence-electron chi connectivity index (χ2n) is 4.36. The summed E-state index contributed by atoms with van der Waals surface area (Å²) in [4.78, 5) is 7.21. The summed E-state index contributed by atoms with van der Waals surface area (Å²) in [5.41, 5.74) is 0. The molecule has 0 aliphatic carbocycles. The van der Waals surface area contributed by atoms with Gasteiger partial charge in [-0.05, 0) is 31.4 Å². The van der Waals surface area contributed by atoms with Crippen LogP contribution in [0.25, 0.3) is 0 Å². The molecule has 1 atom stereocenters. The molecule has 2 heteroatoms. The number of unbranched alkanes of at least 4 members (excludes halogenated alkanes) is 1. The van der Waals surface area contributed by atoms with Crippen molar-refractivity contribution >= 4 is 17.6 Å². The van der Waals surface area contributed by atoms with Crippen LogP contribution in [0.3, 0.4) is 0 Å². The topological polar surface area (TPSA) is 12.4 Å². The van der Waals surface area contributed by atoms with Crippen molar-refractivity contribution in [2.45, 2.75) is 46.5 Å². The molecule has 0 spiro atoms. The van der Waals surface area contributed by atoms with Crippen LogP contribution in [0.2, 0.25) is 0 Å². The van der Waals surface area contributed by atoms with Gasteiger partial charge in [0.1, 0.15) is 0 Å². The molecule has 1 nitrogen and oxygen atoms in total. The number of nitrogens with zero attached hydrogens (tertiary/aromatic N) is 1. The third-order valence-corrected chi connectivity index (χ3v) is 3.82. The minimum atomic E-state index is 0.775. The largest absolute Gasteiger partial charge is 0.291 e. The lowest BCUT2D eigenvalue weighted by molar-refractivity contribution is 0.463. The highest BCUT2D eigenvalue weighted by Gasteiger charge is 2.03. The van der Waals surface area contributed by atoms with Crippen molar-refractivity contribution < 1.29 is 0 Å². The number of rotatable bonds is 7. The Morgan fingerprint density at radius 3 is 2.75 bits per heavy atom. The van der Waals surface area contributed by atoms with Gasteiger partial charge in [0, 0.05) is 22.5 Å². The number of hydrogen-bond donors (Lipinski definition) is 0. The summed E-state index contributed by atoms with van der Waals surface area (Å²) in [5.74, 6) is 0.775. The Kier molecular flexibility index (Phi) is 6.39. The van der Waals surface area contributed by atoms with E-state index >= 15 is 0 Å². The van der Waals surface area contributed by atoms with Gasteiger partial charge >= 0.3 is 0 Å². The van der Waals surface area contributed by atoms with E-state index in [1.54, 1.807) is 0 Å². The second-order valence-corrected chi connectivity index (χ2v) is 5.68. The van der Waals surface area contributed by atoms with Gasteiger partial charge in [-0.15, -0.1) is 11.3 Å². The van der Waals surface area contributed by atoms with Crippen molar-refractivity contribution in [1.29, 1.82) is 0 Å². The summed E-state index contributed by atoms with van der Waals surface area (Å²) < 4.78 is 0. The molecule has 0 radical (unpaired) electrons. The Labute approximate surface area is 104 Å². The molecule has 1 rings (SSSR count). The van der Waals surface area contributed by atoms with Gasteiger partial charge in [-0.2, -0.15) is 0 Å². The van der Waals surface area contributed by atoms with Crippen LogP contribution in [-0.2, 0) is 0 Å². The van der Waals surface area contributed by atoms with Crippen LogP contribution in [-0.4, -0.2) is 12.8 Å². The van der Waals surface area contributed by atoms with E-state index in [-0.39, 0.29) is 0 Å². The normalized spacial score (nSPS) is 13.4. The Morgan fingerprint density at radius 2 is 2.19 bits per heavy atom. The minimum absolute atomic E-state index is 0.775. The van der Waals surface area contributed by atoms with Gasteiger partial charge in [0.25, 0.3) is 0 Å². The monoisotopic (exact) mass is 237 g/mol. The van der Waals surface area contributed by atoms with E-state index in [4.69, 9.17) is 0 Å². The molecule has 1 unspecified atom stereocenters. The number of aryl methyl sites for hydroxylation is 1. The van der Waals surface area contributed by atoms with E-state index < -0.39 is 0 Å². The van der Waals surface area contributed by atoms with Crippen molar-refractivity contribution in [3.05, 3.63) is 21.9 Å². The highest BCUT2D eigenvalue weighted by molar-refractivity contribution is 7.13. The maximum atomic E-state index is 4.56. The lowest BCUT2D eigenvalue weighted by atomic mass is 10.00. The molecule has 0 bridgehead atoms. The predicted octanol–water partition coefficient (Wildman–Crippen LogP) is 4.69. The van der Waals surface area contributed by atoms with Gasteiger partial charge in [0.2, 0.25) is 0 Å². The quantitative estimate of drug-likeness (QED) is 0.610. The van der Waals surface area contributed by atoms with Gasteiger partial charge in [-0.3, -0.25) is 4.99 Å². The summed E-state index contributed by atoms with van der Waals surface area (Å²) in [6.07, 6.45) is 7.25. The fraction of sp³-hybridized carbons (Fsp3) is 0.643. The lowest BCUT2D eigenvalue weighted by Gasteiger charge is -2.10. The second kappa shape index (κ2) is 7.61. The molecule has 16 heavy (non-hydrogen) atoms. The third kappa shape index (κ3) is 4.93. The fourth-order valence-corrected chi connectivity index (χ4v) is 2.50. The number of thiophene rings is 1. The summed E-state index contributed by atoms with van der Waals surface area (Å²) in [7, 11) is 0. The molecule has 0 saturated heterocycles. The van der Waals surface area contributed by atoms with Gasteiger partial charge in [-0.25, -0.2) is 0 Å². The number of hydrogen-bond acceptors (Lipinski definition) is 2. The van der Waals surface area contributed by atoms with Crippen LogP contribution < -0.4 is 0 Å². The maximum absolute atomic E-state index is 4.56. The first-order valence-corrected chi connectivity index (χ1v) is 7.14. The van der Waals surface area contributed by atoms with E-state index in [1.165, 1.54) is 35.4 Å². The SMILES string of the molecule is CCCCC(CC)CN=Cc1ccc(C)s1. The van der Waals surface area contributed by atoms with Crippen molar-refractivity contribution in [3.63, 3.8) is 0 Å². The van der Waals surface area contributed by atoms with Gasteiger partial charge in [0.05, 0.1) is 0 Å². The molecule has 1 heterocycles. The van der Waals surface area contributed by atoms with Crippen LogP contribution in [0.15, 0.2) is 17.1 Å². The number of aliphatic imine (C=N–C) groups is 1. The molecule has 1 aromatic heterocycles. The van der Waals surface area contributed by atoms with E-state index in [0.717, 1.165) is 12.5 Å². The van der Waals surface area contributed by atoms with Crippen LogP contribution in [0.4, 0.5) is 0 Å². The zero-order valence-corrected chi connectivity index (χ0v) is 11.5. The van der Waals surface area contributed by atoms with Crippen LogP contribution in [0, 0.1) is 12.8 Å². The lowest BCUT2D eigenvalue weighted by Crippen LogP contribution is -2.03. The molecule has 0 N–H and O–H groups in total. The van der Waals surface area contributed by atoms with E-state index in [2.05, 4.69) is 37.9 Å². The highest BCUT2D eigenvalue weighted by Crippen LogP contribution is 2.15. The minimum Gasteiger partial charge on any atom is -0.291 e. The molecular formula is C14H23NS. The first-order valence-electron chi connectivity index (χ1n) is 6.32. The molecule has 90 valence electrons. The smallest absolute Gasteiger partial charge is 0.0451 e. The molecule has 0 aliphatic heterocycles. The molecule has 0 aromatic carbocycles. The van der Waals surface area contributed by atoms with Crippen molar-refractivity contribution in [3.8, 4) is 0 Å². The Morgan fingerprint density at radius 1 is 1.38 bits per heavy atom. The van der Waals surface area contributed by atoms with Gasteiger partial charge < -0.3 is 0 Å². The van der Waals surface area contributed by atoms with Crippen molar-refractivity contribution in [1.82, 2.24) is 0 Å². The Balaban J connectivity index is 2.33. The first kappa shape index (κ1) is 13.4. The van der Waals surface area contributed by atoms with Gasteiger partial charge in [-0.1, -0.05) is 33.1 Å². The fourth-order valence-electron chi connectivity index (χ4n) is 1.73. The molecule has 0 fully saturated rings. The van der Waals surface area contributed by atoms with Crippen LogP contribution in [0.1, 0.15) is 49.3 Å². The van der Waals surface area contributed by atoms with E-state index in [0.29, 0.717) is 0 Å². The van der Waals surface area contributed by atoms with Crippen molar-refractivity contribution in [2.24, 2.45) is 10.9 Å². The zero-order valence-electron chi connectivity index (χ0n) is 10.7. The van der Waals surface area contributed by atoms with Crippen LogP contribution in [0.5, 0.6) is 0 Å². The molecule has 0 aliphatic rings. The van der Waals surface area contributed by atoms with E-state index in [1.807, 2.05) is 17.6 Å². The molecule has 0 saturated carbocycles. The van der Waals surface area contributed by atoms with Crippen molar-refractivity contribution in [2.75, 3.05) is 6.54 Å². The zero-order chi connectivity index (χ0) is 11.8. The average molecular weight is 237 g/mol. The standard InChI is InChI=1S/C14H23NS/c1-4-6-7-13(5-2)10-15-11-14-9-8-12(3)16-14/h8-9,11,13H,4-7,10H2,1-3H3. The average Bonchev–Trinajstić information content (AvgIpc) is 2.69. The molecule has 0 amide bonds. The Hall–Kier alpha value is -0.630. The van der Waals surface area contributed by atoms with E-state index in [9.17, 15) is 0 Å². The highest BCUT2D eigenvalue weighted by atomic mass is 32.1. The molecular weight excluding hydrogens is 214 g/mol. The summed E-state index contributed by atoms with van der Waals surface area (Å²) in [5, 5.41) is 0. The third-order valence-electron chi connectivity index (χ3n) is 2.89. The molecule has 1 aromatic rings. The maximum Gasteiger partial charge on any atom is 0.0451 e. The summed E-state index contributed by atoms with van der Waals surface area (Å²) >= 11 is 1.82. The summed E-state index contributed by atoms with van der Waals surface area (Å²) in [6.45, 7) is 7.65. The van der Waals surface area contributed by atoms with Gasteiger partial charge in [0.15, 0.2) is 0 Å². The summed E-state index contributed by atoms with van der Waals surface area (Å²) in [6, 6.07) is 4.30. The Bertz CT molecular complexity index is 314. The predicted molar refractivity (Wildman–Crippen MR) is 74.8 cm³/mol. The van der Waals surface area contributed by atoms with Crippen LogP contribution >= 0.6 is 11.3 Å².